The van der Waals surface area contributed by atoms with Gasteiger partial charge in [-0.15, -0.1) is 0 Å². The van der Waals surface area contributed by atoms with Gasteiger partial charge in [0.25, 0.3) is 5.91 Å². The summed E-state index contributed by atoms with van der Waals surface area (Å²) in [6, 6.07) is 1.81. The number of aromatic amines is 1. The van der Waals surface area contributed by atoms with E-state index in [2.05, 4.69) is 27.4 Å². The van der Waals surface area contributed by atoms with Gasteiger partial charge in [0.15, 0.2) is 5.16 Å². The topological polar surface area (TPSA) is 75.6 Å². The molecule has 7 heteroatoms. The molecule has 0 aromatic carbocycles. The second-order valence-corrected chi connectivity index (χ2v) is 5.52. The number of amides is 1. The molecule has 2 aromatic heterocycles. The van der Waals surface area contributed by atoms with Gasteiger partial charge in [-0.05, 0) is 12.5 Å². The van der Waals surface area contributed by atoms with Crippen LogP contribution in [-0.4, -0.2) is 38.0 Å². The summed E-state index contributed by atoms with van der Waals surface area (Å²) in [5, 5.41) is 10.7. The van der Waals surface area contributed by atoms with Crippen molar-refractivity contribution in [1.29, 1.82) is 0 Å². The molecule has 0 spiro atoms. The summed E-state index contributed by atoms with van der Waals surface area (Å²) in [4.78, 5) is 16.1. The zero-order valence-corrected chi connectivity index (χ0v) is 12.5. The lowest BCUT2D eigenvalue weighted by molar-refractivity contribution is 0.0951. The molecule has 20 heavy (non-hydrogen) atoms. The molecule has 0 atom stereocenters. The standard InChI is InChI=1S/C13H19N5OS/c1-3-4-10-9-11(17-16-10)12(19)14-6-8-20-13-15-5-7-18(13)2/h5,7,9H,3-4,6,8H2,1-2H3,(H,14,19)(H,16,17). The van der Waals surface area contributed by atoms with Gasteiger partial charge in [-0.2, -0.15) is 5.10 Å². The molecule has 2 N–H and O–H groups in total. The molecule has 0 radical (unpaired) electrons. The number of imidazole rings is 1. The van der Waals surface area contributed by atoms with Crippen molar-refractivity contribution in [1.82, 2.24) is 25.1 Å². The third-order valence-corrected chi connectivity index (χ3v) is 3.84. The molecule has 108 valence electrons. The number of aryl methyl sites for hydroxylation is 2. The van der Waals surface area contributed by atoms with E-state index in [1.807, 2.05) is 23.9 Å². The molecule has 0 fully saturated rings. The van der Waals surface area contributed by atoms with Gasteiger partial charge in [-0.3, -0.25) is 9.89 Å². The molecule has 2 aromatic rings. The molecule has 0 aliphatic rings. The molecule has 1 amide bonds. The highest BCUT2D eigenvalue weighted by Crippen LogP contribution is 2.13. The largest absolute Gasteiger partial charge is 0.350 e. The van der Waals surface area contributed by atoms with Crippen molar-refractivity contribution in [2.24, 2.45) is 7.05 Å². The molecule has 0 aliphatic heterocycles. The van der Waals surface area contributed by atoms with Gasteiger partial charge in [0.2, 0.25) is 0 Å². The quantitative estimate of drug-likeness (QED) is 0.601. The number of carbonyl (C=O) groups is 1. The van der Waals surface area contributed by atoms with Crippen LogP contribution in [0.5, 0.6) is 0 Å². The van der Waals surface area contributed by atoms with Crippen LogP contribution in [0.25, 0.3) is 0 Å². The molecule has 0 aliphatic carbocycles. The first-order chi connectivity index (χ1) is 9.70. The SMILES string of the molecule is CCCc1cc(C(=O)NCCSc2nccn2C)n[nH]1. The van der Waals surface area contributed by atoms with Crippen molar-refractivity contribution >= 4 is 17.7 Å². The summed E-state index contributed by atoms with van der Waals surface area (Å²) in [7, 11) is 1.95. The van der Waals surface area contributed by atoms with Gasteiger partial charge >= 0.3 is 0 Å². The Hall–Kier alpha value is -1.76. The van der Waals surface area contributed by atoms with Crippen molar-refractivity contribution in [3.63, 3.8) is 0 Å². The molecule has 2 rings (SSSR count). The van der Waals surface area contributed by atoms with Crippen LogP contribution in [-0.2, 0) is 13.5 Å². The van der Waals surface area contributed by atoms with E-state index in [9.17, 15) is 4.79 Å². The first-order valence-electron chi connectivity index (χ1n) is 6.63. The molecule has 0 saturated carbocycles. The van der Waals surface area contributed by atoms with Crippen LogP contribution < -0.4 is 5.32 Å². The van der Waals surface area contributed by atoms with Gasteiger partial charge in [0.05, 0.1) is 0 Å². The molecule has 6 nitrogen and oxygen atoms in total. The minimum absolute atomic E-state index is 0.135. The predicted octanol–water partition coefficient (Wildman–Crippen LogP) is 1.62. The molecule has 0 unspecified atom stereocenters. The Morgan fingerprint density at radius 2 is 2.40 bits per heavy atom. The lowest BCUT2D eigenvalue weighted by atomic mass is 10.2. The minimum atomic E-state index is -0.135. The summed E-state index contributed by atoms with van der Waals surface area (Å²) >= 11 is 1.61. The lowest BCUT2D eigenvalue weighted by Gasteiger charge is -2.03. The van der Waals surface area contributed by atoms with Crippen LogP contribution >= 0.6 is 11.8 Å². The second-order valence-electron chi connectivity index (χ2n) is 4.45. The number of hydrogen-bond donors (Lipinski definition) is 2. The fraction of sp³-hybridized carbons (Fsp3) is 0.462. The number of H-pyrrole nitrogens is 1. The molecule has 0 bridgehead atoms. The number of nitrogens with one attached hydrogen (secondary N) is 2. The van der Waals surface area contributed by atoms with E-state index in [-0.39, 0.29) is 5.91 Å². The highest BCUT2D eigenvalue weighted by molar-refractivity contribution is 7.99. The van der Waals surface area contributed by atoms with Gasteiger partial charge < -0.3 is 9.88 Å². The minimum Gasteiger partial charge on any atom is -0.350 e. The van der Waals surface area contributed by atoms with Crippen LogP contribution in [0.2, 0.25) is 0 Å². The van der Waals surface area contributed by atoms with E-state index >= 15 is 0 Å². The Balaban J connectivity index is 1.73. The third-order valence-electron chi connectivity index (χ3n) is 2.78. The number of nitrogens with zero attached hydrogens (tertiary/aromatic N) is 3. The zero-order chi connectivity index (χ0) is 14.4. The second kappa shape index (κ2) is 7.14. The summed E-state index contributed by atoms with van der Waals surface area (Å²) in [5.74, 6) is 0.645. The average Bonchev–Trinajstić information content (AvgIpc) is 3.05. The number of aromatic nitrogens is 4. The van der Waals surface area contributed by atoms with Crippen molar-refractivity contribution < 1.29 is 4.79 Å². The Bertz CT molecular complexity index is 563. The molecular weight excluding hydrogens is 274 g/mol. The highest BCUT2D eigenvalue weighted by Gasteiger charge is 2.09. The Labute approximate surface area is 122 Å². The molecule has 0 saturated heterocycles. The van der Waals surface area contributed by atoms with Crippen molar-refractivity contribution in [3.05, 3.63) is 29.8 Å². The summed E-state index contributed by atoms with van der Waals surface area (Å²) in [6.45, 7) is 2.68. The summed E-state index contributed by atoms with van der Waals surface area (Å²) in [6.07, 6.45) is 5.61. The van der Waals surface area contributed by atoms with Crippen molar-refractivity contribution in [3.8, 4) is 0 Å². The lowest BCUT2D eigenvalue weighted by Crippen LogP contribution is -2.26. The van der Waals surface area contributed by atoms with Crippen molar-refractivity contribution in [2.45, 2.75) is 24.9 Å². The Morgan fingerprint density at radius 1 is 1.55 bits per heavy atom. The maximum Gasteiger partial charge on any atom is 0.271 e. The van der Waals surface area contributed by atoms with E-state index in [0.717, 1.165) is 29.4 Å². The monoisotopic (exact) mass is 293 g/mol. The molecule has 2 heterocycles. The van der Waals surface area contributed by atoms with Crippen LogP contribution in [0.4, 0.5) is 0 Å². The zero-order valence-electron chi connectivity index (χ0n) is 11.7. The maximum atomic E-state index is 11.9. The summed E-state index contributed by atoms with van der Waals surface area (Å²) < 4.78 is 1.96. The van der Waals surface area contributed by atoms with Crippen LogP contribution in [0.15, 0.2) is 23.6 Å². The van der Waals surface area contributed by atoms with E-state index in [0.29, 0.717) is 12.2 Å². The number of hydrogen-bond acceptors (Lipinski definition) is 4. The van der Waals surface area contributed by atoms with Gasteiger partial charge in [-0.1, -0.05) is 25.1 Å². The third kappa shape index (κ3) is 3.86. The number of thioether (sulfide) groups is 1. The first kappa shape index (κ1) is 14.6. The first-order valence-corrected chi connectivity index (χ1v) is 7.62. The van der Waals surface area contributed by atoms with E-state index in [4.69, 9.17) is 0 Å². The number of carbonyl (C=O) groups excluding carboxylic acids is 1. The Morgan fingerprint density at radius 3 is 3.10 bits per heavy atom. The van der Waals surface area contributed by atoms with Gasteiger partial charge in [0, 0.05) is 37.4 Å². The molecular formula is C13H19N5OS. The van der Waals surface area contributed by atoms with E-state index < -0.39 is 0 Å². The van der Waals surface area contributed by atoms with Gasteiger partial charge in [0.1, 0.15) is 5.69 Å². The normalized spacial score (nSPS) is 10.7. The summed E-state index contributed by atoms with van der Waals surface area (Å²) in [5.41, 5.74) is 1.45. The van der Waals surface area contributed by atoms with Crippen LogP contribution in [0.3, 0.4) is 0 Å². The average molecular weight is 293 g/mol. The predicted molar refractivity (Wildman–Crippen MR) is 78.8 cm³/mol. The fourth-order valence-electron chi connectivity index (χ4n) is 1.76. The van der Waals surface area contributed by atoms with E-state index in [1.54, 1.807) is 18.0 Å². The van der Waals surface area contributed by atoms with E-state index in [1.165, 1.54) is 0 Å². The van der Waals surface area contributed by atoms with Crippen molar-refractivity contribution in [2.75, 3.05) is 12.3 Å². The van der Waals surface area contributed by atoms with Crippen LogP contribution in [0.1, 0.15) is 29.5 Å². The Kier molecular flexibility index (Phi) is 5.23. The smallest absolute Gasteiger partial charge is 0.271 e. The fourth-order valence-corrected chi connectivity index (χ4v) is 2.55. The van der Waals surface area contributed by atoms with Gasteiger partial charge in [-0.25, -0.2) is 4.98 Å². The maximum absolute atomic E-state index is 11.9. The van der Waals surface area contributed by atoms with Crippen LogP contribution in [0, 0.1) is 0 Å². The highest BCUT2D eigenvalue weighted by atomic mass is 32.2. The number of rotatable bonds is 7.